The molecular weight excluding hydrogens is 360 g/mol. The minimum absolute atomic E-state index is 0.326. The van der Waals surface area contributed by atoms with Gasteiger partial charge in [0.1, 0.15) is 5.69 Å². The number of hydrogen-bond donors (Lipinski definition) is 2. The summed E-state index contributed by atoms with van der Waals surface area (Å²) in [6, 6.07) is 3.80. The first-order valence-corrected chi connectivity index (χ1v) is 9.46. The fourth-order valence-corrected chi connectivity index (χ4v) is 3.63. The molecular formula is C21H28N2O5. The maximum atomic E-state index is 12.6. The van der Waals surface area contributed by atoms with Crippen LogP contribution in [0.1, 0.15) is 47.4 Å². The summed E-state index contributed by atoms with van der Waals surface area (Å²) in [5, 5.41) is 3.17. The summed E-state index contributed by atoms with van der Waals surface area (Å²) in [6.45, 7) is 2.72. The first-order chi connectivity index (χ1) is 13.6. The van der Waals surface area contributed by atoms with Crippen LogP contribution in [0.25, 0.3) is 11.1 Å². The van der Waals surface area contributed by atoms with Gasteiger partial charge in [-0.25, -0.2) is 4.79 Å². The van der Waals surface area contributed by atoms with E-state index in [-0.39, 0.29) is 5.97 Å². The van der Waals surface area contributed by atoms with Crippen molar-refractivity contribution < 1.29 is 23.7 Å². The van der Waals surface area contributed by atoms with Crippen molar-refractivity contribution in [1.82, 2.24) is 10.3 Å². The van der Waals surface area contributed by atoms with Crippen molar-refractivity contribution in [3.63, 3.8) is 0 Å². The fraction of sp³-hybridized carbons (Fsp3) is 0.476. The van der Waals surface area contributed by atoms with Gasteiger partial charge in [0, 0.05) is 23.4 Å². The van der Waals surface area contributed by atoms with Crippen molar-refractivity contribution in [3.8, 4) is 28.4 Å². The van der Waals surface area contributed by atoms with Crippen LogP contribution < -0.4 is 19.5 Å². The predicted octanol–water partition coefficient (Wildman–Crippen LogP) is 3.48. The van der Waals surface area contributed by atoms with Gasteiger partial charge in [-0.2, -0.15) is 0 Å². The lowest BCUT2D eigenvalue weighted by atomic mass is 9.95. The van der Waals surface area contributed by atoms with Crippen molar-refractivity contribution in [1.29, 1.82) is 0 Å². The van der Waals surface area contributed by atoms with Crippen molar-refractivity contribution in [2.24, 2.45) is 0 Å². The summed E-state index contributed by atoms with van der Waals surface area (Å²) in [5.41, 5.74) is 4.27. The average Bonchev–Trinajstić information content (AvgIpc) is 3.48. The van der Waals surface area contributed by atoms with Crippen LogP contribution in [0.15, 0.2) is 12.1 Å². The minimum Gasteiger partial charge on any atom is -0.493 e. The highest BCUT2D eigenvalue weighted by Crippen LogP contribution is 2.52. The second kappa shape index (κ2) is 8.56. The van der Waals surface area contributed by atoms with E-state index < -0.39 is 0 Å². The molecule has 7 heteroatoms. The van der Waals surface area contributed by atoms with Crippen molar-refractivity contribution >= 4 is 5.97 Å². The second-order valence-electron chi connectivity index (χ2n) is 6.67. The van der Waals surface area contributed by atoms with Gasteiger partial charge in [-0.1, -0.05) is 0 Å². The molecule has 0 bridgehead atoms. The zero-order valence-corrected chi connectivity index (χ0v) is 17.1. The lowest BCUT2D eigenvalue weighted by Gasteiger charge is -2.17. The van der Waals surface area contributed by atoms with Gasteiger partial charge in [-0.05, 0) is 50.4 Å². The van der Waals surface area contributed by atoms with Crippen LogP contribution in [-0.2, 0) is 11.3 Å². The highest BCUT2D eigenvalue weighted by atomic mass is 16.5. The summed E-state index contributed by atoms with van der Waals surface area (Å²) >= 11 is 0. The third-order valence-electron chi connectivity index (χ3n) is 4.91. The summed E-state index contributed by atoms with van der Waals surface area (Å²) in [5.74, 6) is 1.70. The number of hydrogen-bond acceptors (Lipinski definition) is 6. The standard InChI is InChI=1S/C21H28N2O5/c1-6-28-21(24)18-16(12-7-8-12)17(14(23-18)11-22-2)13-9-10-15(25-3)20(27-5)19(13)26-4/h9-10,12,22-23H,6-8,11H2,1-5H3. The molecule has 28 heavy (non-hydrogen) atoms. The quantitative estimate of drug-likeness (QED) is 0.640. The molecule has 0 saturated heterocycles. The number of methoxy groups -OCH3 is 3. The lowest BCUT2D eigenvalue weighted by Crippen LogP contribution is -2.09. The number of ether oxygens (including phenoxy) is 4. The zero-order chi connectivity index (χ0) is 20.3. The molecule has 1 aromatic heterocycles. The van der Waals surface area contributed by atoms with E-state index >= 15 is 0 Å². The third kappa shape index (κ3) is 3.54. The smallest absolute Gasteiger partial charge is 0.355 e. The molecule has 0 unspecified atom stereocenters. The Balaban J connectivity index is 2.27. The maximum absolute atomic E-state index is 12.6. The summed E-state index contributed by atoms with van der Waals surface area (Å²) < 4.78 is 22.0. The Hall–Kier alpha value is -2.67. The molecule has 1 aromatic carbocycles. The van der Waals surface area contributed by atoms with Crippen LogP contribution in [0.2, 0.25) is 0 Å². The van der Waals surface area contributed by atoms with Crippen molar-refractivity contribution in [2.45, 2.75) is 32.2 Å². The molecule has 152 valence electrons. The van der Waals surface area contributed by atoms with E-state index in [4.69, 9.17) is 18.9 Å². The number of carbonyl (C=O) groups excluding carboxylic acids is 1. The highest BCUT2D eigenvalue weighted by molar-refractivity contribution is 5.95. The van der Waals surface area contributed by atoms with Crippen LogP contribution >= 0.6 is 0 Å². The van der Waals surface area contributed by atoms with E-state index in [1.807, 2.05) is 26.1 Å². The Kier molecular flexibility index (Phi) is 6.14. The minimum atomic E-state index is -0.326. The number of carbonyl (C=O) groups is 1. The second-order valence-corrected chi connectivity index (χ2v) is 6.67. The van der Waals surface area contributed by atoms with Crippen LogP contribution in [0.5, 0.6) is 17.2 Å². The van der Waals surface area contributed by atoms with Crippen LogP contribution in [-0.4, -0.2) is 45.9 Å². The first-order valence-electron chi connectivity index (χ1n) is 9.46. The van der Waals surface area contributed by atoms with Gasteiger partial charge in [0.05, 0.1) is 27.9 Å². The molecule has 1 saturated carbocycles. The molecule has 1 aliphatic carbocycles. The number of aromatic amines is 1. The molecule has 0 aliphatic heterocycles. The maximum Gasteiger partial charge on any atom is 0.355 e. The van der Waals surface area contributed by atoms with E-state index in [1.165, 1.54) is 0 Å². The molecule has 1 heterocycles. The van der Waals surface area contributed by atoms with Gasteiger partial charge >= 0.3 is 5.97 Å². The van der Waals surface area contributed by atoms with Gasteiger partial charge in [0.2, 0.25) is 5.75 Å². The van der Waals surface area contributed by atoms with Crippen molar-refractivity contribution in [3.05, 3.63) is 29.1 Å². The molecule has 1 aliphatic rings. The molecule has 0 spiro atoms. The highest BCUT2D eigenvalue weighted by Gasteiger charge is 2.36. The van der Waals surface area contributed by atoms with E-state index in [0.29, 0.717) is 42.0 Å². The molecule has 2 N–H and O–H groups in total. The SMILES string of the molecule is CCOC(=O)c1[nH]c(CNC)c(-c2ccc(OC)c(OC)c2OC)c1C1CC1. The molecule has 0 radical (unpaired) electrons. The summed E-state index contributed by atoms with van der Waals surface area (Å²) in [6.07, 6.45) is 2.09. The summed E-state index contributed by atoms with van der Waals surface area (Å²) in [4.78, 5) is 15.9. The van der Waals surface area contributed by atoms with Crippen LogP contribution in [0.4, 0.5) is 0 Å². The average molecular weight is 388 g/mol. The van der Waals surface area contributed by atoms with Crippen molar-refractivity contribution in [2.75, 3.05) is 35.0 Å². The Labute approximate surface area is 165 Å². The Morgan fingerprint density at radius 3 is 2.39 bits per heavy atom. The van der Waals surface area contributed by atoms with Gasteiger partial charge in [0.15, 0.2) is 11.5 Å². The van der Waals surface area contributed by atoms with Crippen LogP contribution in [0, 0.1) is 0 Å². The number of aromatic nitrogens is 1. The van der Waals surface area contributed by atoms with E-state index in [2.05, 4.69) is 10.3 Å². The van der Waals surface area contributed by atoms with Crippen LogP contribution in [0.3, 0.4) is 0 Å². The Bertz CT molecular complexity index is 855. The number of rotatable bonds is 9. The van der Waals surface area contributed by atoms with Gasteiger partial charge in [-0.15, -0.1) is 0 Å². The van der Waals surface area contributed by atoms with E-state index in [1.54, 1.807) is 21.3 Å². The molecule has 0 amide bonds. The molecule has 2 aromatic rings. The monoisotopic (exact) mass is 388 g/mol. The number of H-pyrrole nitrogens is 1. The normalized spacial score (nSPS) is 13.3. The molecule has 1 fully saturated rings. The first kappa shape index (κ1) is 20.1. The van der Waals surface area contributed by atoms with Gasteiger partial charge in [-0.3, -0.25) is 0 Å². The third-order valence-corrected chi connectivity index (χ3v) is 4.91. The largest absolute Gasteiger partial charge is 0.493 e. The zero-order valence-electron chi connectivity index (χ0n) is 17.1. The molecule has 0 atom stereocenters. The lowest BCUT2D eigenvalue weighted by molar-refractivity contribution is 0.0518. The summed E-state index contributed by atoms with van der Waals surface area (Å²) in [7, 11) is 6.65. The molecule has 3 rings (SSSR count). The Morgan fingerprint density at radius 2 is 1.86 bits per heavy atom. The number of esters is 1. The van der Waals surface area contributed by atoms with E-state index in [0.717, 1.165) is 35.2 Å². The number of nitrogens with one attached hydrogen (secondary N) is 2. The van der Waals surface area contributed by atoms with E-state index in [9.17, 15) is 4.79 Å². The number of benzene rings is 1. The predicted molar refractivity (Wildman–Crippen MR) is 107 cm³/mol. The topological polar surface area (TPSA) is 81.8 Å². The van der Waals surface area contributed by atoms with Gasteiger partial charge in [0.25, 0.3) is 0 Å². The molecule has 7 nitrogen and oxygen atoms in total. The fourth-order valence-electron chi connectivity index (χ4n) is 3.63. The van der Waals surface area contributed by atoms with Gasteiger partial charge < -0.3 is 29.2 Å². The Morgan fingerprint density at radius 1 is 1.14 bits per heavy atom.